The van der Waals surface area contributed by atoms with Gasteiger partial charge < -0.3 is 5.11 Å². The minimum Gasteiger partial charge on any atom is -0.479 e. The van der Waals surface area contributed by atoms with Crippen molar-refractivity contribution in [2.75, 3.05) is 0 Å². The molecule has 1 aliphatic heterocycles. The second kappa shape index (κ2) is 5.83. The Labute approximate surface area is 133 Å². The number of halogens is 1. The summed E-state index contributed by atoms with van der Waals surface area (Å²) >= 11 is 0. The van der Waals surface area contributed by atoms with Crippen molar-refractivity contribution in [2.45, 2.75) is 25.4 Å². The van der Waals surface area contributed by atoms with E-state index in [9.17, 15) is 14.3 Å². The van der Waals surface area contributed by atoms with E-state index in [4.69, 9.17) is 0 Å². The van der Waals surface area contributed by atoms with Crippen molar-refractivity contribution in [3.8, 4) is 0 Å². The normalized spacial score (nSPS) is 20.4. The van der Waals surface area contributed by atoms with E-state index < -0.39 is 11.5 Å². The molecule has 0 spiro atoms. The first-order valence-electron chi connectivity index (χ1n) is 7.37. The van der Waals surface area contributed by atoms with Crippen LogP contribution in [0.4, 0.5) is 4.39 Å². The minimum atomic E-state index is -1.11. The number of hydrazone groups is 1. The van der Waals surface area contributed by atoms with Gasteiger partial charge in [0.25, 0.3) is 0 Å². The van der Waals surface area contributed by atoms with Crippen molar-refractivity contribution in [2.24, 2.45) is 5.10 Å². The number of carboxylic acids is 1. The Morgan fingerprint density at radius 1 is 1.22 bits per heavy atom. The maximum Gasteiger partial charge on any atom is 0.331 e. The van der Waals surface area contributed by atoms with Gasteiger partial charge in [-0.05, 0) is 30.2 Å². The Bertz CT molecular complexity index is 743. The van der Waals surface area contributed by atoms with Gasteiger partial charge >= 0.3 is 5.97 Å². The monoisotopic (exact) mass is 312 g/mol. The largest absolute Gasteiger partial charge is 0.479 e. The van der Waals surface area contributed by atoms with E-state index in [1.807, 2.05) is 30.3 Å². The highest BCUT2D eigenvalue weighted by Gasteiger charge is 2.45. The molecule has 0 saturated carbocycles. The Kier molecular flexibility index (Phi) is 3.86. The molecule has 0 aliphatic carbocycles. The van der Waals surface area contributed by atoms with Gasteiger partial charge in [-0.25, -0.2) is 9.18 Å². The van der Waals surface area contributed by atoms with Gasteiger partial charge in [0.15, 0.2) is 5.54 Å². The van der Waals surface area contributed by atoms with Gasteiger partial charge in [-0.2, -0.15) is 5.10 Å². The molecule has 3 rings (SSSR count). The van der Waals surface area contributed by atoms with Gasteiger partial charge in [-0.1, -0.05) is 42.5 Å². The average Bonchev–Trinajstić information content (AvgIpc) is 2.87. The minimum absolute atomic E-state index is 0.279. The Morgan fingerprint density at radius 3 is 2.48 bits per heavy atom. The molecule has 1 aliphatic rings. The third kappa shape index (κ3) is 2.95. The van der Waals surface area contributed by atoms with Crippen LogP contribution >= 0.6 is 0 Å². The van der Waals surface area contributed by atoms with Crippen molar-refractivity contribution >= 4 is 11.7 Å². The predicted octanol–water partition coefficient (Wildman–Crippen LogP) is 3.28. The molecular formula is C18H17FN2O2. The summed E-state index contributed by atoms with van der Waals surface area (Å²) in [6.45, 7) is 2.08. The summed E-state index contributed by atoms with van der Waals surface area (Å²) in [5.74, 6) is -1.25. The lowest BCUT2D eigenvalue weighted by Gasteiger charge is -2.30. The molecule has 2 aromatic carbocycles. The lowest BCUT2D eigenvalue weighted by Crippen LogP contribution is -2.46. The maximum absolute atomic E-state index is 13.1. The predicted molar refractivity (Wildman–Crippen MR) is 85.6 cm³/mol. The Morgan fingerprint density at radius 2 is 1.87 bits per heavy atom. The molecule has 23 heavy (non-hydrogen) atoms. The van der Waals surface area contributed by atoms with Crippen LogP contribution < -0.4 is 0 Å². The first-order chi connectivity index (χ1) is 11.0. The first-order valence-corrected chi connectivity index (χ1v) is 7.37. The fourth-order valence-corrected chi connectivity index (χ4v) is 2.66. The molecule has 0 saturated heterocycles. The standard InChI is InChI=1S/C18H17FN2O2/c1-18(17(22)23)11-16(14-7-9-15(19)10-8-14)20-21(18)12-13-5-3-2-4-6-13/h2-10H,11-12H2,1H3,(H,22,23). The molecule has 0 aromatic heterocycles. The number of carbonyl (C=O) groups is 1. The maximum atomic E-state index is 13.1. The molecule has 0 bridgehead atoms. The molecular weight excluding hydrogens is 295 g/mol. The van der Waals surface area contributed by atoms with E-state index in [2.05, 4.69) is 5.10 Å². The number of aliphatic carboxylic acids is 1. The molecule has 1 atom stereocenters. The molecule has 1 heterocycles. The van der Waals surface area contributed by atoms with Crippen LogP contribution in [0.3, 0.4) is 0 Å². The highest BCUT2D eigenvalue weighted by atomic mass is 19.1. The first kappa shape index (κ1) is 15.2. The van der Waals surface area contributed by atoms with E-state index in [-0.39, 0.29) is 12.2 Å². The lowest BCUT2D eigenvalue weighted by atomic mass is 9.92. The summed E-state index contributed by atoms with van der Waals surface area (Å²) < 4.78 is 13.1. The SMILES string of the molecule is CC1(C(=O)O)CC(c2ccc(F)cc2)=NN1Cc1ccccc1. The number of carboxylic acid groups (broad SMARTS) is 1. The van der Waals surface area contributed by atoms with Crippen molar-refractivity contribution in [3.63, 3.8) is 0 Å². The second-order valence-corrected chi connectivity index (χ2v) is 5.85. The Balaban J connectivity index is 1.92. The van der Waals surface area contributed by atoms with Crippen molar-refractivity contribution in [1.82, 2.24) is 5.01 Å². The molecule has 4 nitrogen and oxygen atoms in total. The third-order valence-electron chi connectivity index (χ3n) is 4.14. The van der Waals surface area contributed by atoms with Gasteiger partial charge in [0, 0.05) is 6.42 Å². The van der Waals surface area contributed by atoms with Crippen LogP contribution in [0.5, 0.6) is 0 Å². The number of rotatable bonds is 4. The van der Waals surface area contributed by atoms with Gasteiger partial charge in [-0.3, -0.25) is 5.01 Å². The molecule has 0 amide bonds. The van der Waals surface area contributed by atoms with Crippen molar-refractivity contribution < 1.29 is 14.3 Å². The summed E-state index contributed by atoms with van der Waals surface area (Å²) in [6, 6.07) is 15.6. The molecule has 118 valence electrons. The van der Waals surface area contributed by atoms with Gasteiger partial charge in [-0.15, -0.1) is 0 Å². The zero-order valence-corrected chi connectivity index (χ0v) is 12.7. The number of hydrogen-bond donors (Lipinski definition) is 1. The van der Waals surface area contributed by atoms with Crippen LogP contribution in [0.2, 0.25) is 0 Å². The zero-order valence-electron chi connectivity index (χ0n) is 12.7. The van der Waals surface area contributed by atoms with Crippen LogP contribution in [0.1, 0.15) is 24.5 Å². The summed E-state index contributed by atoms with van der Waals surface area (Å²) in [5, 5.41) is 15.8. The average molecular weight is 312 g/mol. The van der Waals surface area contributed by atoms with Crippen LogP contribution in [-0.4, -0.2) is 27.3 Å². The summed E-state index contributed by atoms with van der Waals surface area (Å²) in [5.41, 5.74) is 1.28. The highest BCUT2D eigenvalue weighted by Crippen LogP contribution is 2.31. The van der Waals surface area contributed by atoms with E-state index in [1.165, 1.54) is 12.1 Å². The van der Waals surface area contributed by atoms with Crippen molar-refractivity contribution in [1.29, 1.82) is 0 Å². The van der Waals surface area contributed by atoms with Gasteiger partial charge in [0.05, 0.1) is 12.3 Å². The van der Waals surface area contributed by atoms with E-state index in [1.54, 1.807) is 24.1 Å². The van der Waals surface area contributed by atoms with Crippen LogP contribution in [0, 0.1) is 5.82 Å². The fourth-order valence-electron chi connectivity index (χ4n) is 2.66. The smallest absolute Gasteiger partial charge is 0.331 e. The summed E-state index contributed by atoms with van der Waals surface area (Å²) in [6.07, 6.45) is 0.279. The quantitative estimate of drug-likeness (QED) is 0.942. The Hall–Kier alpha value is -2.69. The van der Waals surface area contributed by atoms with Crippen LogP contribution in [0.15, 0.2) is 59.7 Å². The molecule has 2 aromatic rings. The highest BCUT2D eigenvalue weighted by molar-refractivity contribution is 6.05. The molecule has 0 fully saturated rings. The van der Waals surface area contributed by atoms with E-state index in [0.717, 1.165) is 11.1 Å². The van der Waals surface area contributed by atoms with Crippen LogP contribution in [-0.2, 0) is 11.3 Å². The number of hydrogen-bond acceptors (Lipinski definition) is 3. The van der Waals surface area contributed by atoms with E-state index in [0.29, 0.717) is 12.3 Å². The molecule has 1 unspecified atom stereocenters. The summed E-state index contributed by atoms with van der Waals surface area (Å²) in [7, 11) is 0. The topological polar surface area (TPSA) is 52.9 Å². The van der Waals surface area contributed by atoms with Gasteiger partial charge in [0.2, 0.25) is 0 Å². The van der Waals surface area contributed by atoms with Crippen LogP contribution in [0.25, 0.3) is 0 Å². The number of benzene rings is 2. The summed E-state index contributed by atoms with van der Waals surface area (Å²) in [4.78, 5) is 11.8. The zero-order chi connectivity index (χ0) is 16.4. The molecule has 5 heteroatoms. The van der Waals surface area contributed by atoms with E-state index >= 15 is 0 Å². The number of nitrogens with zero attached hydrogens (tertiary/aromatic N) is 2. The molecule has 1 N–H and O–H groups in total. The van der Waals surface area contributed by atoms with Gasteiger partial charge in [0.1, 0.15) is 5.82 Å². The fraction of sp³-hybridized carbons (Fsp3) is 0.222. The second-order valence-electron chi connectivity index (χ2n) is 5.85. The van der Waals surface area contributed by atoms with Crippen molar-refractivity contribution in [3.05, 3.63) is 71.5 Å². The molecule has 0 radical (unpaired) electrons. The lowest BCUT2D eigenvalue weighted by molar-refractivity contribution is -0.149. The third-order valence-corrected chi connectivity index (χ3v) is 4.14.